The third-order valence-corrected chi connectivity index (χ3v) is 1.93. The number of aliphatic hydroxyl groups excluding tert-OH is 1. The Balaban J connectivity index is 2.95. The van der Waals surface area contributed by atoms with Gasteiger partial charge in [0.25, 0.3) is 5.91 Å². The fraction of sp³-hybridized carbons (Fsp3) is 0.125. The maximum Gasteiger partial charge on any atom is 0.267 e. The predicted molar refractivity (Wildman–Crippen MR) is 48.7 cm³/mol. The van der Waals surface area contributed by atoms with Gasteiger partial charge in [0.05, 0.1) is 0 Å². The van der Waals surface area contributed by atoms with Crippen LogP contribution in [0.15, 0.2) is 24.3 Å². The van der Waals surface area contributed by atoms with Crippen LogP contribution in [0.25, 0.3) is 0 Å². The summed E-state index contributed by atoms with van der Waals surface area (Å²) in [5, 5.41) is 9.73. The number of aliphatic hydroxyl groups is 1. The van der Waals surface area contributed by atoms with Crippen LogP contribution in [-0.2, 0) is 4.79 Å². The lowest BCUT2D eigenvalue weighted by atomic mass is 10.1. The van der Waals surface area contributed by atoms with Gasteiger partial charge in [-0.3, -0.25) is 10.2 Å². The Morgan fingerprint density at radius 2 is 2.15 bits per heavy atom. The molecule has 1 amide bonds. The highest BCUT2D eigenvalue weighted by Gasteiger charge is 2.17. The third-order valence-electron chi connectivity index (χ3n) is 1.59. The molecular formula is C8H9ClN2O2. The van der Waals surface area contributed by atoms with Crippen LogP contribution < -0.4 is 11.3 Å². The van der Waals surface area contributed by atoms with E-state index in [0.717, 1.165) is 0 Å². The van der Waals surface area contributed by atoms with E-state index in [9.17, 15) is 9.90 Å². The molecule has 1 unspecified atom stereocenters. The Morgan fingerprint density at radius 1 is 1.54 bits per heavy atom. The molecule has 1 rings (SSSR count). The van der Waals surface area contributed by atoms with Crippen molar-refractivity contribution in [3.8, 4) is 0 Å². The number of benzene rings is 1. The molecule has 0 saturated carbocycles. The molecule has 0 saturated heterocycles. The van der Waals surface area contributed by atoms with E-state index in [1.807, 2.05) is 5.43 Å². The van der Waals surface area contributed by atoms with Crippen LogP contribution in [0.5, 0.6) is 0 Å². The normalized spacial score (nSPS) is 12.2. The van der Waals surface area contributed by atoms with Gasteiger partial charge in [-0.25, -0.2) is 5.84 Å². The minimum atomic E-state index is -1.32. The van der Waals surface area contributed by atoms with E-state index in [2.05, 4.69) is 0 Å². The van der Waals surface area contributed by atoms with Crippen LogP contribution in [0.3, 0.4) is 0 Å². The zero-order chi connectivity index (χ0) is 9.84. The molecule has 0 aromatic heterocycles. The summed E-state index contributed by atoms with van der Waals surface area (Å²) in [6, 6.07) is 6.53. The smallest absolute Gasteiger partial charge is 0.267 e. The van der Waals surface area contributed by atoms with Crippen molar-refractivity contribution < 1.29 is 9.90 Å². The molecule has 0 radical (unpaired) electrons. The monoisotopic (exact) mass is 200 g/mol. The lowest BCUT2D eigenvalue weighted by Crippen LogP contribution is -2.34. The van der Waals surface area contributed by atoms with Crippen molar-refractivity contribution in [1.82, 2.24) is 5.43 Å². The molecule has 0 aliphatic rings. The molecule has 4 nitrogen and oxygen atoms in total. The van der Waals surface area contributed by atoms with Crippen molar-refractivity contribution in [1.29, 1.82) is 0 Å². The molecular weight excluding hydrogens is 192 g/mol. The number of amides is 1. The predicted octanol–water partition coefficient (Wildman–Crippen LogP) is 0.363. The van der Waals surface area contributed by atoms with Crippen molar-refractivity contribution in [2.45, 2.75) is 6.10 Å². The summed E-state index contributed by atoms with van der Waals surface area (Å²) < 4.78 is 0. The first-order chi connectivity index (χ1) is 6.16. The first-order valence-corrected chi connectivity index (χ1v) is 3.97. The number of hydrazine groups is 1. The van der Waals surface area contributed by atoms with E-state index >= 15 is 0 Å². The quantitative estimate of drug-likeness (QED) is 0.367. The number of hydrogen-bond donors (Lipinski definition) is 3. The molecule has 4 N–H and O–H groups in total. The van der Waals surface area contributed by atoms with Gasteiger partial charge in [-0.1, -0.05) is 29.8 Å². The number of carbonyl (C=O) groups is 1. The van der Waals surface area contributed by atoms with Crippen LogP contribution in [0, 0.1) is 0 Å². The van der Waals surface area contributed by atoms with Crippen molar-refractivity contribution in [3.05, 3.63) is 34.9 Å². The standard InChI is InChI=1S/C8H9ClN2O2/c9-6-4-2-1-3-5(6)7(12)8(13)11-10/h1-4,7,12H,10H2,(H,11,13). The largest absolute Gasteiger partial charge is 0.378 e. The number of nitrogens with one attached hydrogen (secondary N) is 1. The number of halogens is 1. The lowest BCUT2D eigenvalue weighted by Gasteiger charge is -2.09. The minimum Gasteiger partial charge on any atom is -0.378 e. The van der Waals surface area contributed by atoms with Gasteiger partial charge in [-0.15, -0.1) is 0 Å². The van der Waals surface area contributed by atoms with Gasteiger partial charge in [0.15, 0.2) is 6.10 Å². The fourth-order valence-corrected chi connectivity index (χ4v) is 1.16. The maximum atomic E-state index is 10.9. The van der Waals surface area contributed by atoms with Gasteiger partial charge >= 0.3 is 0 Å². The second-order valence-corrected chi connectivity index (χ2v) is 2.84. The van der Waals surface area contributed by atoms with E-state index in [-0.39, 0.29) is 0 Å². The van der Waals surface area contributed by atoms with Crippen LogP contribution in [-0.4, -0.2) is 11.0 Å². The molecule has 0 bridgehead atoms. The maximum absolute atomic E-state index is 10.9. The number of hydrogen-bond acceptors (Lipinski definition) is 3. The van der Waals surface area contributed by atoms with E-state index in [4.69, 9.17) is 17.4 Å². The summed E-state index contributed by atoms with van der Waals surface area (Å²) in [5.41, 5.74) is 2.18. The number of rotatable bonds is 2. The van der Waals surface area contributed by atoms with E-state index in [0.29, 0.717) is 10.6 Å². The molecule has 1 aromatic rings. The Labute approximate surface area is 80.3 Å². The molecule has 0 fully saturated rings. The van der Waals surface area contributed by atoms with E-state index < -0.39 is 12.0 Å². The van der Waals surface area contributed by atoms with Crippen molar-refractivity contribution >= 4 is 17.5 Å². The van der Waals surface area contributed by atoms with E-state index in [1.54, 1.807) is 24.3 Å². The highest BCUT2D eigenvalue weighted by molar-refractivity contribution is 6.31. The minimum absolute atomic E-state index is 0.332. The topological polar surface area (TPSA) is 75.3 Å². The van der Waals surface area contributed by atoms with Crippen LogP contribution in [0.2, 0.25) is 5.02 Å². The van der Waals surface area contributed by atoms with Gasteiger partial charge in [-0.2, -0.15) is 0 Å². The second kappa shape index (κ2) is 4.23. The Bertz CT molecular complexity index is 317. The van der Waals surface area contributed by atoms with Crippen LogP contribution in [0.4, 0.5) is 0 Å². The summed E-state index contributed by atoms with van der Waals surface area (Å²) >= 11 is 5.74. The van der Waals surface area contributed by atoms with Gasteiger partial charge in [-0.05, 0) is 6.07 Å². The Kier molecular flexibility index (Phi) is 3.25. The molecule has 0 heterocycles. The molecule has 13 heavy (non-hydrogen) atoms. The molecule has 0 spiro atoms. The Morgan fingerprint density at radius 3 is 2.69 bits per heavy atom. The molecule has 0 aliphatic carbocycles. The summed E-state index contributed by atoms with van der Waals surface area (Å²) in [6.07, 6.45) is -1.32. The van der Waals surface area contributed by atoms with Crippen molar-refractivity contribution in [2.24, 2.45) is 5.84 Å². The summed E-state index contributed by atoms with van der Waals surface area (Å²) in [5.74, 6) is 4.17. The highest BCUT2D eigenvalue weighted by Crippen LogP contribution is 2.22. The van der Waals surface area contributed by atoms with Gasteiger partial charge in [0.2, 0.25) is 0 Å². The number of carbonyl (C=O) groups excluding carboxylic acids is 1. The summed E-state index contributed by atoms with van der Waals surface area (Å²) in [7, 11) is 0. The molecule has 1 atom stereocenters. The third kappa shape index (κ3) is 2.18. The zero-order valence-corrected chi connectivity index (χ0v) is 7.45. The van der Waals surface area contributed by atoms with E-state index in [1.165, 1.54) is 0 Å². The van der Waals surface area contributed by atoms with Gasteiger partial charge < -0.3 is 5.11 Å². The summed E-state index contributed by atoms with van der Waals surface area (Å²) in [4.78, 5) is 10.9. The first kappa shape index (κ1) is 9.98. The van der Waals surface area contributed by atoms with Crippen molar-refractivity contribution in [3.63, 3.8) is 0 Å². The van der Waals surface area contributed by atoms with Gasteiger partial charge in [0, 0.05) is 10.6 Å². The lowest BCUT2D eigenvalue weighted by molar-refractivity contribution is -0.129. The Hall–Kier alpha value is -1.10. The first-order valence-electron chi connectivity index (χ1n) is 3.59. The SMILES string of the molecule is NNC(=O)C(O)c1ccccc1Cl. The highest BCUT2D eigenvalue weighted by atomic mass is 35.5. The molecule has 1 aromatic carbocycles. The second-order valence-electron chi connectivity index (χ2n) is 2.43. The fourth-order valence-electron chi connectivity index (χ4n) is 0.917. The molecule has 5 heteroatoms. The molecule has 70 valence electrons. The average Bonchev–Trinajstić information content (AvgIpc) is 2.16. The van der Waals surface area contributed by atoms with Crippen molar-refractivity contribution in [2.75, 3.05) is 0 Å². The summed E-state index contributed by atoms with van der Waals surface area (Å²) in [6.45, 7) is 0. The zero-order valence-electron chi connectivity index (χ0n) is 6.70. The van der Waals surface area contributed by atoms with Gasteiger partial charge in [0.1, 0.15) is 0 Å². The average molecular weight is 201 g/mol. The number of nitrogens with two attached hydrogens (primary N) is 1. The van der Waals surface area contributed by atoms with Crippen LogP contribution >= 0.6 is 11.6 Å². The molecule has 0 aliphatic heterocycles. The van der Waals surface area contributed by atoms with Crippen LogP contribution in [0.1, 0.15) is 11.7 Å².